The van der Waals surface area contributed by atoms with Crippen LogP contribution in [-0.2, 0) is 21.4 Å². The van der Waals surface area contributed by atoms with Crippen LogP contribution < -0.4 is 9.62 Å². The minimum atomic E-state index is -4.18. The number of benzene rings is 2. The van der Waals surface area contributed by atoms with E-state index in [9.17, 15) is 17.6 Å². The van der Waals surface area contributed by atoms with Gasteiger partial charge in [-0.3, -0.25) is 14.1 Å². The molecule has 0 spiro atoms. The minimum absolute atomic E-state index is 0.150. The van der Waals surface area contributed by atoms with Gasteiger partial charge in [-0.2, -0.15) is 0 Å². The first-order chi connectivity index (χ1) is 14.3. The molecule has 9 heteroatoms. The number of pyridine rings is 1. The molecule has 3 aromatic rings. The van der Waals surface area contributed by atoms with Crippen molar-refractivity contribution < 1.29 is 17.6 Å². The highest BCUT2D eigenvalue weighted by Crippen LogP contribution is 2.31. The summed E-state index contributed by atoms with van der Waals surface area (Å²) < 4.78 is 40.8. The Labute approximate surface area is 179 Å². The van der Waals surface area contributed by atoms with Gasteiger partial charge in [0.1, 0.15) is 12.4 Å². The van der Waals surface area contributed by atoms with Crippen LogP contribution in [0.4, 0.5) is 10.1 Å². The van der Waals surface area contributed by atoms with Crippen molar-refractivity contribution in [2.45, 2.75) is 18.4 Å². The zero-order chi connectivity index (χ0) is 21.7. The molecule has 3 rings (SSSR count). The Morgan fingerprint density at radius 1 is 1.10 bits per heavy atom. The Morgan fingerprint density at radius 3 is 2.43 bits per heavy atom. The van der Waals surface area contributed by atoms with Gasteiger partial charge in [0.25, 0.3) is 10.0 Å². The molecule has 0 saturated heterocycles. The molecule has 0 aliphatic carbocycles. The molecule has 0 radical (unpaired) electrons. The first-order valence-corrected chi connectivity index (χ1v) is 10.8. The van der Waals surface area contributed by atoms with Gasteiger partial charge in [0, 0.05) is 18.9 Å². The van der Waals surface area contributed by atoms with E-state index < -0.39 is 28.3 Å². The quantitative estimate of drug-likeness (QED) is 0.599. The molecule has 0 saturated carbocycles. The van der Waals surface area contributed by atoms with Crippen LogP contribution in [0.1, 0.15) is 11.1 Å². The summed E-state index contributed by atoms with van der Waals surface area (Å²) >= 11 is 6.26. The summed E-state index contributed by atoms with van der Waals surface area (Å²) in [7, 11) is -4.18. The molecule has 1 heterocycles. The smallest absolute Gasteiger partial charge is 0.264 e. The van der Waals surface area contributed by atoms with Crippen molar-refractivity contribution in [3.8, 4) is 0 Å². The Balaban J connectivity index is 1.92. The summed E-state index contributed by atoms with van der Waals surface area (Å²) in [5.41, 5.74) is 1.76. The number of nitrogens with zero attached hydrogens (tertiary/aromatic N) is 2. The van der Waals surface area contributed by atoms with Gasteiger partial charge in [0.2, 0.25) is 5.91 Å². The maximum Gasteiger partial charge on any atom is 0.264 e. The molecule has 0 fully saturated rings. The fraction of sp³-hybridized carbons (Fsp3) is 0.143. The molecule has 0 bridgehead atoms. The molecule has 1 N–H and O–H groups in total. The molecule has 0 unspecified atom stereocenters. The predicted molar refractivity (Wildman–Crippen MR) is 113 cm³/mol. The van der Waals surface area contributed by atoms with E-state index >= 15 is 0 Å². The zero-order valence-electron chi connectivity index (χ0n) is 16.0. The van der Waals surface area contributed by atoms with Crippen molar-refractivity contribution in [2.24, 2.45) is 0 Å². The van der Waals surface area contributed by atoms with Crippen molar-refractivity contribution in [3.05, 3.63) is 89.0 Å². The molecular formula is C21H19ClFN3O3S. The maximum absolute atomic E-state index is 13.3. The summed E-state index contributed by atoms with van der Waals surface area (Å²) in [4.78, 5) is 16.4. The number of carbonyl (C=O) groups excluding carboxylic acids is 1. The van der Waals surface area contributed by atoms with Gasteiger partial charge in [-0.25, -0.2) is 12.8 Å². The van der Waals surface area contributed by atoms with E-state index in [1.807, 2.05) is 0 Å². The lowest BCUT2D eigenvalue weighted by Gasteiger charge is -2.25. The van der Waals surface area contributed by atoms with Crippen LogP contribution in [0, 0.1) is 12.7 Å². The molecule has 1 amide bonds. The van der Waals surface area contributed by atoms with Crippen molar-refractivity contribution in [1.29, 1.82) is 0 Å². The summed E-state index contributed by atoms with van der Waals surface area (Å²) in [6.45, 7) is 1.51. The molecule has 156 valence electrons. The van der Waals surface area contributed by atoms with Gasteiger partial charge < -0.3 is 5.32 Å². The molecule has 0 aliphatic heterocycles. The first-order valence-electron chi connectivity index (χ1n) is 8.97. The van der Waals surface area contributed by atoms with E-state index in [4.69, 9.17) is 11.6 Å². The van der Waals surface area contributed by atoms with Crippen LogP contribution in [0.3, 0.4) is 0 Å². The third kappa shape index (κ3) is 5.14. The van der Waals surface area contributed by atoms with E-state index in [0.717, 1.165) is 39.7 Å². The molecule has 6 nitrogen and oxygen atoms in total. The highest BCUT2D eigenvalue weighted by molar-refractivity contribution is 7.92. The van der Waals surface area contributed by atoms with Crippen molar-refractivity contribution in [3.63, 3.8) is 0 Å². The Bertz CT molecular complexity index is 1140. The molecule has 30 heavy (non-hydrogen) atoms. The minimum Gasteiger partial charge on any atom is -0.350 e. The average Bonchev–Trinajstić information content (AvgIpc) is 2.73. The number of rotatable bonds is 7. The summed E-state index contributed by atoms with van der Waals surface area (Å²) in [6.07, 6.45) is 3.19. The number of sulfonamides is 1. The second kappa shape index (κ2) is 9.23. The Morgan fingerprint density at radius 2 is 1.77 bits per heavy atom. The number of amides is 1. The van der Waals surface area contributed by atoms with Crippen LogP contribution in [0.25, 0.3) is 0 Å². The van der Waals surface area contributed by atoms with Crippen LogP contribution in [-0.4, -0.2) is 25.9 Å². The highest BCUT2D eigenvalue weighted by Gasteiger charge is 2.29. The van der Waals surface area contributed by atoms with E-state index in [1.165, 1.54) is 0 Å². The summed E-state index contributed by atoms with van der Waals surface area (Å²) in [5.74, 6) is -1.08. The molecule has 1 aromatic heterocycles. The average molecular weight is 448 g/mol. The maximum atomic E-state index is 13.3. The number of carbonyl (C=O) groups is 1. The number of halogens is 2. The fourth-order valence-electron chi connectivity index (χ4n) is 2.73. The predicted octanol–water partition coefficient (Wildman–Crippen LogP) is 3.69. The lowest BCUT2D eigenvalue weighted by molar-refractivity contribution is -0.119. The lowest BCUT2D eigenvalue weighted by Crippen LogP contribution is -2.40. The third-order valence-electron chi connectivity index (χ3n) is 4.30. The largest absolute Gasteiger partial charge is 0.350 e. The van der Waals surface area contributed by atoms with Crippen molar-refractivity contribution in [1.82, 2.24) is 10.3 Å². The number of nitrogens with one attached hydrogen (secondary N) is 1. The van der Waals surface area contributed by atoms with E-state index in [2.05, 4.69) is 10.3 Å². The lowest BCUT2D eigenvalue weighted by atomic mass is 10.2. The third-order valence-corrected chi connectivity index (χ3v) is 6.39. The normalized spacial score (nSPS) is 11.2. The van der Waals surface area contributed by atoms with Gasteiger partial charge >= 0.3 is 0 Å². The van der Waals surface area contributed by atoms with Gasteiger partial charge in [-0.1, -0.05) is 17.7 Å². The zero-order valence-corrected chi connectivity index (χ0v) is 17.6. The molecular weight excluding hydrogens is 429 g/mol. The standard InChI is InChI=1S/C21H19ClFN3O3S/c1-15-2-7-19(22)20(12-15)26(30(28,29)18-5-3-17(23)4-6-18)14-21(27)25-13-16-8-10-24-11-9-16/h2-12H,13-14H2,1H3,(H,25,27). The number of aryl methyl sites for hydroxylation is 1. The van der Waals surface area contributed by atoms with Gasteiger partial charge in [-0.05, 0) is 66.6 Å². The van der Waals surface area contributed by atoms with Gasteiger partial charge in [0.05, 0.1) is 15.6 Å². The second-order valence-corrected chi connectivity index (χ2v) is 8.82. The Hall–Kier alpha value is -2.97. The first kappa shape index (κ1) is 21.7. The van der Waals surface area contributed by atoms with E-state index in [-0.39, 0.29) is 22.2 Å². The SMILES string of the molecule is Cc1ccc(Cl)c(N(CC(=O)NCc2ccncc2)S(=O)(=O)c2ccc(F)cc2)c1. The summed E-state index contributed by atoms with van der Waals surface area (Å²) in [6, 6.07) is 12.8. The Kier molecular flexibility index (Phi) is 6.69. The van der Waals surface area contributed by atoms with Crippen LogP contribution in [0.5, 0.6) is 0 Å². The molecule has 2 aromatic carbocycles. The van der Waals surface area contributed by atoms with Gasteiger partial charge in [-0.15, -0.1) is 0 Å². The number of anilines is 1. The number of hydrogen-bond acceptors (Lipinski definition) is 4. The van der Waals surface area contributed by atoms with Crippen molar-refractivity contribution >= 4 is 33.2 Å². The van der Waals surface area contributed by atoms with E-state index in [1.54, 1.807) is 49.6 Å². The van der Waals surface area contributed by atoms with Crippen LogP contribution >= 0.6 is 11.6 Å². The van der Waals surface area contributed by atoms with Crippen LogP contribution in [0.15, 0.2) is 71.9 Å². The number of hydrogen-bond donors (Lipinski definition) is 1. The monoisotopic (exact) mass is 447 g/mol. The second-order valence-electron chi connectivity index (χ2n) is 6.55. The molecule has 0 atom stereocenters. The number of aromatic nitrogens is 1. The van der Waals surface area contributed by atoms with Gasteiger partial charge in [0.15, 0.2) is 0 Å². The fourth-order valence-corrected chi connectivity index (χ4v) is 4.44. The van der Waals surface area contributed by atoms with Crippen LogP contribution in [0.2, 0.25) is 5.02 Å². The molecule has 0 aliphatic rings. The van der Waals surface area contributed by atoms with E-state index in [0.29, 0.717) is 0 Å². The summed E-state index contributed by atoms with van der Waals surface area (Å²) in [5, 5.41) is 2.86. The van der Waals surface area contributed by atoms with Crippen molar-refractivity contribution in [2.75, 3.05) is 10.8 Å². The highest BCUT2D eigenvalue weighted by atomic mass is 35.5. The topological polar surface area (TPSA) is 79.4 Å².